The van der Waals surface area contributed by atoms with Gasteiger partial charge in [0.2, 0.25) is 0 Å². The fraction of sp³-hybridized carbons (Fsp3) is 0.242. The van der Waals surface area contributed by atoms with Gasteiger partial charge in [0.15, 0.2) is 17.8 Å². The van der Waals surface area contributed by atoms with Crippen LogP contribution in [-0.2, 0) is 17.7 Å². The Kier molecular flexibility index (Phi) is 6.84. The quantitative estimate of drug-likeness (QED) is 0.218. The Morgan fingerprint density at radius 3 is 2.44 bits per heavy atom. The first-order chi connectivity index (χ1) is 20.7. The maximum absolute atomic E-state index is 15.7. The van der Waals surface area contributed by atoms with Crippen LogP contribution < -0.4 is 9.47 Å². The van der Waals surface area contributed by atoms with Crippen molar-refractivity contribution >= 4 is 11.0 Å². The zero-order valence-electron chi connectivity index (χ0n) is 23.1. The fourth-order valence-electron chi connectivity index (χ4n) is 5.56. The second kappa shape index (κ2) is 10.7. The molecule has 7 rings (SSSR count). The highest BCUT2D eigenvalue weighted by molar-refractivity contribution is 5.77. The molecule has 5 aromatic rings. The van der Waals surface area contributed by atoms with Crippen molar-refractivity contribution in [3.8, 4) is 22.6 Å². The van der Waals surface area contributed by atoms with Crippen molar-refractivity contribution in [3.05, 3.63) is 112 Å². The fourth-order valence-corrected chi connectivity index (χ4v) is 5.56. The van der Waals surface area contributed by atoms with Crippen LogP contribution in [0.2, 0.25) is 0 Å². The van der Waals surface area contributed by atoms with Crippen LogP contribution in [0.15, 0.2) is 66.7 Å². The standard InChI is InChI=1S/C33H27F3N2O5/c1-17-5-7-22(24(34)11-17)33-42-29-4-2-3-21(31(29)43-33)19-12-25(35)23(26(36)13-19)15-30-37-27-8-6-18(32(39)40)14-28(27)38(30)16-20-9-10-41-20/h2-8,11-14,20,32-33,39-40H,9-10,15-16H2,1H3/t20-,33?/m0/s1. The third-order valence-corrected chi connectivity index (χ3v) is 7.96. The van der Waals surface area contributed by atoms with E-state index in [1.165, 1.54) is 18.2 Å². The summed E-state index contributed by atoms with van der Waals surface area (Å²) in [6, 6.07) is 17.0. The number of hydrogen-bond acceptors (Lipinski definition) is 6. The van der Waals surface area contributed by atoms with Gasteiger partial charge in [-0.3, -0.25) is 0 Å². The zero-order chi connectivity index (χ0) is 29.8. The average molecular weight is 589 g/mol. The van der Waals surface area contributed by atoms with Gasteiger partial charge < -0.3 is 29.0 Å². The molecule has 0 saturated carbocycles. The molecule has 3 heterocycles. The molecule has 2 aliphatic heterocycles. The molecule has 1 saturated heterocycles. The number of imidazole rings is 1. The van der Waals surface area contributed by atoms with E-state index in [2.05, 4.69) is 4.98 Å². The number of ether oxygens (including phenoxy) is 3. The van der Waals surface area contributed by atoms with E-state index in [1.54, 1.807) is 55.5 Å². The zero-order valence-corrected chi connectivity index (χ0v) is 23.1. The lowest BCUT2D eigenvalue weighted by molar-refractivity contribution is -0.0590. The number of rotatable bonds is 7. The molecule has 2 atom stereocenters. The van der Waals surface area contributed by atoms with Crippen LogP contribution in [-0.4, -0.2) is 32.5 Å². The van der Waals surface area contributed by atoms with Crippen molar-refractivity contribution in [1.82, 2.24) is 9.55 Å². The van der Waals surface area contributed by atoms with Gasteiger partial charge >= 0.3 is 0 Å². The Hall–Kier alpha value is -4.38. The van der Waals surface area contributed by atoms with E-state index in [9.17, 15) is 14.6 Å². The van der Waals surface area contributed by atoms with E-state index in [4.69, 9.17) is 14.2 Å². The van der Waals surface area contributed by atoms with Crippen LogP contribution in [0.5, 0.6) is 11.5 Å². The molecule has 0 aliphatic carbocycles. The molecular formula is C33H27F3N2O5. The molecule has 2 N–H and O–H groups in total. The molecule has 10 heteroatoms. The number of nitrogens with zero attached hydrogens (tertiary/aromatic N) is 2. The van der Waals surface area contributed by atoms with E-state index >= 15 is 8.78 Å². The minimum Gasteiger partial charge on any atom is -0.447 e. The Morgan fingerprint density at radius 1 is 0.953 bits per heavy atom. The van der Waals surface area contributed by atoms with Gasteiger partial charge in [0.1, 0.15) is 23.3 Å². The first-order valence-corrected chi connectivity index (χ1v) is 13.9. The van der Waals surface area contributed by atoms with Crippen LogP contribution in [0.25, 0.3) is 22.2 Å². The number of fused-ring (bicyclic) bond motifs is 2. The van der Waals surface area contributed by atoms with Crippen molar-refractivity contribution in [3.63, 3.8) is 0 Å². The highest BCUT2D eigenvalue weighted by Gasteiger charge is 2.31. The van der Waals surface area contributed by atoms with Crippen LogP contribution in [0.3, 0.4) is 0 Å². The van der Waals surface area contributed by atoms with Crippen molar-refractivity contribution in [2.75, 3.05) is 6.61 Å². The lowest BCUT2D eigenvalue weighted by Gasteiger charge is -2.27. The number of halogens is 3. The van der Waals surface area contributed by atoms with Gasteiger partial charge in [-0.15, -0.1) is 0 Å². The highest BCUT2D eigenvalue weighted by atomic mass is 19.1. The lowest BCUT2D eigenvalue weighted by atomic mass is 10.00. The van der Waals surface area contributed by atoms with E-state index in [1.807, 2.05) is 4.57 Å². The summed E-state index contributed by atoms with van der Waals surface area (Å²) in [5.74, 6) is -0.981. The molecule has 7 nitrogen and oxygen atoms in total. The number of para-hydroxylation sites is 1. The Labute approximate surface area is 244 Å². The first-order valence-electron chi connectivity index (χ1n) is 13.9. The number of benzene rings is 4. The number of aliphatic hydroxyl groups excluding tert-OH is 1. The average Bonchev–Trinajstić information content (AvgIpc) is 3.53. The predicted molar refractivity (Wildman–Crippen MR) is 151 cm³/mol. The molecule has 0 bridgehead atoms. The summed E-state index contributed by atoms with van der Waals surface area (Å²) in [4.78, 5) is 4.62. The lowest BCUT2D eigenvalue weighted by Crippen LogP contribution is -2.31. The van der Waals surface area contributed by atoms with E-state index in [0.717, 1.165) is 12.0 Å². The molecule has 0 radical (unpaired) electrons. The maximum Gasteiger partial charge on any atom is 0.270 e. The second-order valence-corrected chi connectivity index (χ2v) is 10.9. The first kappa shape index (κ1) is 27.5. The van der Waals surface area contributed by atoms with Crippen molar-refractivity contribution in [2.45, 2.75) is 45.0 Å². The van der Waals surface area contributed by atoms with E-state index in [-0.39, 0.29) is 40.5 Å². The van der Waals surface area contributed by atoms with Gasteiger partial charge in [-0.1, -0.05) is 24.3 Å². The van der Waals surface area contributed by atoms with Gasteiger partial charge in [0, 0.05) is 29.7 Å². The summed E-state index contributed by atoms with van der Waals surface area (Å²) in [5.41, 5.74) is 2.91. The third-order valence-electron chi connectivity index (χ3n) is 7.96. The third kappa shape index (κ3) is 5.01. The van der Waals surface area contributed by atoms with Gasteiger partial charge in [-0.25, -0.2) is 18.2 Å². The summed E-state index contributed by atoms with van der Waals surface area (Å²) in [5, 5.41) is 19.3. The van der Waals surface area contributed by atoms with E-state index in [0.29, 0.717) is 41.3 Å². The summed E-state index contributed by atoms with van der Waals surface area (Å²) in [7, 11) is 0. The molecule has 43 heavy (non-hydrogen) atoms. The normalized spacial score (nSPS) is 17.6. The Balaban J connectivity index is 1.22. The molecule has 1 unspecified atom stereocenters. The highest BCUT2D eigenvalue weighted by Crippen LogP contribution is 2.47. The van der Waals surface area contributed by atoms with Crippen molar-refractivity contribution in [2.24, 2.45) is 0 Å². The summed E-state index contributed by atoms with van der Waals surface area (Å²) in [6.07, 6.45) is -2.08. The van der Waals surface area contributed by atoms with Gasteiger partial charge in [0.25, 0.3) is 6.29 Å². The summed E-state index contributed by atoms with van der Waals surface area (Å²) in [6.45, 7) is 2.82. The van der Waals surface area contributed by atoms with Gasteiger partial charge in [0.05, 0.1) is 29.2 Å². The molecule has 0 amide bonds. The van der Waals surface area contributed by atoms with E-state index < -0.39 is 30.0 Å². The van der Waals surface area contributed by atoms with Crippen molar-refractivity contribution in [1.29, 1.82) is 0 Å². The number of aliphatic hydroxyl groups is 2. The topological polar surface area (TPSA) is 86.0 Å². The monoisotopic (exact) mass is 588 g/mol. The van der Waals surface area contributed by atoms with Crippen LogP contribution in [0.1, 0.15) is 47.1 Å². The molecule has 2 aliphatic rings. The maximum atomic E-state index is 15.7. The number of hydrogen-bond donors (Lipinski definition) is 2. The molecule has 220 valence electrons. The number of aryl methyl sites for hydroxylation is 1. The largest absolute Gasteiger partial charge is 0.447 e. The Morgan fingerprint density at radius 2 is 1.74 bits per heavy atom. The molecular weight excluding hydrogens is 561 g/mol. The molecule has 1 fully saturated rings. The van der Waals surface area contributed by atoms with Crippen molar-refractivity contribution < 1.29 is 37.6 Å². The Bertz CT molecular complexity index is 1840. The minimum atomic E-state index is -1.67. The predicted octanol–water partition coefficient (Wildman–Crippen LogP) is 6.26. The smallest absolute Gasteiger partial charge is 0.270 e. The molecule has 4 aromatic carbocycles. The second-order valence-electron chi connectivity index (χ2n) is 10.9. The van der Waals surface area contributed by atoms with Crippen LogP contribution in [0, 0.1) is 24.4 Å². The number of aromatic nitrogens is 2. The van der Waals surface area contributed by atoms with Crippen LogP contribution in [0.4, 0.5) is 13.2 Å². The van der Waals surface area contributed by atoms with Gasteiger partial charge in [-0.2, -0.15) is 0 Å². The minimum absolute atomic E-state index is 0.0736. The van der Waals surface area contributed by atoms with Crippen LogP contribution >= 0.6 is 0 Å². The summed E-state index contributed by atoms with van der Waals surface area (Å²) >= 11 is 0. The molecule has 1 aromatic heterocycles. The van der Waals surface area contributed by atoms with Gasteiger partial charge in [-0.05, 0) is 66.9 Å². The molecule has 0 spiro atoms. The summed E-state index contributed by atoms with van der Waals surface area (Å²) < 4.78 is 65.2. The SMILES string of the molecule is Cc1ccc(C2Oc3cccc(-c4cc(F)c(Cc5nc6ccc(C(O)O)cc6n5C[C@@H]5CCO5)c(F)c4)c3O2)c(F)c1.